The number of anilines is 1. The number of hydrogen-bond donors (Lipinski definition) is 1. The number of thiazole rings is 1. The number of esters is 1. The van der Waals surface area contributed by atoms with Crippen LogP contribution >= 0.6 is 34.9 Å². The zero-order valence-corrected chi connectivity index (χ0v) is 30.4. The number of rotatable bonds is 12. The zero-order chi connectivity index (χ0) is 35.7. The van der Waals surface area contributed by atoms with E-state index in [-0.39, 0.29) is 11.7 Å². The van der Waals surface area contributed by atoms with Crippen molar-refractivity contribution in [2.75, 3.05) is 18.2 Å². The number of tetrazole rings is 2. The second-order valence-electron chi connectivity index (χ2n) is 11.7. The monoisotopic (exact) mass is 746 g/mol. The number of ether oxygens (including phenoxy) is 2. The first kappa shape index (κ1) is 34.1. The molecule has 0 unspecified atom stereocenters. The molecule has 0 aliphatic carbocycles. The number of carbonyl (C=O) groups is 2. The third-order valence-corrected chi connectivity index (χ3v) is 10.2. The van der Waals surface area contributed by atoms with E-state index in [0.29, 0.717) is 45.0 Å². The number of imidazole rings is 2. The summed E-state index contributed by atoms with van der Waals surface area (Å²) in [5, 5.41) is 30.0. The Kier molecular flexibility index (Phi) is 9.40. The normalized spacial score (nSPS) is 11.8. The zero-order valence-electron chi connectivity index (χ0n) is 27.9. The van der Waals surface area contributed by atoms with Crippen molar-refractivity contribution in [1.82, 2.24) is 64.5 Å². The smallest absolute Gasteiger partial charge is 0.413 e. The van der Waals surface area contributed by atoms with Gasteiger partial charge in [-0.1, -0.05) is 51.9 Å². The van der Waals surface area contributed by atoms with Crippen molar-refractivity contribution in [1.29, 1.82) is 0 Å². The summed E-state index contributed by atoms with van der Waals surface area (Å²) in [5.74, 6) is 1.18. The first-order chi connectivity index (χ1) is 24.6. The lowest BCUT2D eigenvalue weighted by atomic mass is 9.98. The van der Waals surface area contributed by atoms with Crippen molar-refractivity contribution in [3.05, 3.63) is 59.1 Å². The van der Waals surface area contributed by atoms with E-state index in [1.54, 1.807) is 23.3 Å². The summed E-state index contributed by atoms with van der Waals surface area (Å²) in [6, 6.07) is 13.5. The molecule has 18 nitrogen and oxygen atoms in total. The van der Waals surface area contributed by atoms with Gasteiger partial charge in [0.2, 0.25) is 0 Å². The molecule has 7 aromatic rings. The maximum Gasteiger partial charge on any atom is 0.413 e. The van der Waals surface area contributed by atoms with Gasteiger partial charge in [0.05, 0.1) is 40.6 Å². The van der Waals surface area contributed by atoms with Crippen LogP contribution in [0, 0.1) is 0 Å². The van der Waals surface area contributed by atoms with Crippen molar-refractivity contribution in [2.45, 2.75) is 41.9 Å². The lowest BCUT2D eigenvalue weighted by Crippen LogP contribution is -2.32. The quantitative estimate of drug-likeness (QED) is 0.139. The molecule has 2 aromatic carbocycles. The van der Waals surface area contributed by atoms with Gasteiger partial charge in [0.1, 0.15) is 5.60 Å². The number of benzene rings is 2. The summed E-state index contributed by atoms with van der Waals surface area (Å²) in [5.41, 5.74) is 3.91. The van der Waals surface area contributed by atoms with E-state index in [1.165, 1.54) is 46.7 Å². The van der Waals surface area contributed by atoms with E-state index in [4.69, 9.17) is 19.4 Å². The van der Waals surface area contributed by atoms with Gasteiger partial charge in [-0.15, -0.1) is 11.3 Å². The van der Waals surface area contributed by atoms with Gasteiger partial charge in [-0.25, -0.2) is 29.1 Å². The Morgan fingerprint density at radius 3 is 2.24 bits per heavy atom. The molecule has 0 saturated carbocycles. The summed E-state index contributed by atoms with van der Waals surface area (Å²) in [4.78, 5) is 39.0. The van der Waals surface area contributed by atoms with E-state index >= 15 is 0 Å². The highest BCUT2D eigenvalue weighted by Gasteiger charge is 2.26. The highest BCUT2D eigenvalue weighted by molar-refractivity contribution is 7.99. The molecule has 262 valence electrons. The lowest BCUT2D eigenvalue weighted by Gasteiger charge is -2.25. The largest absolute Gasteiger partial charge is 0.468 e. The molecular formula is C30H30N14O4S3. The topological polar surface area (TPSA) is 200 Å². The number of nitrogens with one attached hydrogen (secondary N) is 1. The minimum Gasteiger partial charge on any atom is -0.468 e. The van der Waals surface area contributed by atoms with Gasteiger partial charge in [0.25, 0.3) is 11.9 Å². The molecule has 0 spiro atoms. The molecule has 1 amide bonds. The molecule has 0 aliphatic heterocycles. The van der Waals surface area contributed by atoms with Gasteiger partial charge in [-0.2, -0.15) is 0 Å². The second-order valence-corrected chi connectivity index (χ2v) is 14.5. The maximum absolute atomic E-state index is 13.0. The fraction of sp³-hybridized carbons (Fsp3) is 0.300. The number of thioether (sulfide) groups is 2. The molecule has 5 heterocycles. The molecule has 7 rings (SSSR count). The minimum absolute atomic E-state index is 0.0672. The van der Waals surface area contributed by atoms with E-state index in [2.05, 4.69) is 41.4 Å². The summed E-state index contributed by atoms with van der Waals surface area (Å²) in [6.45, 7) is 3.67. The standard InChI is InChI=1S/C30H30N14O4S3/c1-30(2,13-17-10-11-22-20(12-17)33-28(51-16-23(45)47-5)44(22)26-36-38-40-42(26)4)48-29(46)34-24-31-18(14-49-24)15-50-27-32-19-8-6-7-9-21(19)43(27)25-35-37-39-41(25)3/h6-12,14H,13,15-16H2,1-5H3,(H,31,34,46). The van der Waals surface area contributed by atoms with Crippen LogP contribution in [0.15, 0.2) is 58.2 Å². The highest BCUT2D eigenvalue weighted by Crippen LogP contribution is 2.31. The molecule has 0 fully saturated rings. The first-order valence-electron chi connectivity index (χ1n) is 15.3. The number of nitrogens with zero attached hydrogens (tertiary/aromatic N) is 13. The van der Waals surface area contributed by atoms with Crippen LogP contribution in [0.4, 0.5) is 9.93 Å². The summed E-state index contributed by atoms with van der Waals surface area (Å²) in [7, 11) is 4.83. The number of aromatic nitrogens is 13. The average molecular weight is 747 g/mol. The number of amides is 1. The molecule has 51 heavy (non-hydrogen) atoms. The Bertz CT molecular complexity index is 2380. The number of hydrogen-bond acceptors (Lipinski definition) is 16. The predicted octanol–water partition coefficient (Wildman–Crippen LogP) is 4.00. The van der Waals surface area contributed by atoms with Gasteiger partial charge in [0.15, 0.2) is 15.4 Å². The molecule has 5 aromatic heterocycles. The fourth-order valence-electron chi connectivity index (χ4n) is 5.27. The van der Waals surface area contributed by atoms with Crippen LogP contribution in [-0.2, 0) is 40.5 Å². The summed E-state index contributed by atoms with van der Waals surface area (Å²) < 4.78 is 17.4. The lowest BCUT2D eigenvalue weighted by molar-refractivity contribution is -0.137. The molecule has 0 aliphatic rings. The van der Waals surface area contributed by atoms with Gasteiger partial charge in [0, 0.05) is 31.6 Å². The van der Waals surface area contributed by atoms with Crippen LogP contribution in [0.2, 0.25) is 0 Å². The second kappa shape index (κ2) is 14.1. The van der Waals surface area contributed by atoms with Crippen molar-refractivity contribution in [3.63, 3.8) is 0 Å². The Balaban J connectivity index is 1.00. The van der Waals surface area contributed by atoms with Crippen molar-refractivity contribution in [2.24, 2.45) is 14.1 Å². The molecule has 0 radical (unpaired) electrons. The maximum atomic E-state index is 13.0. The summed E-state index contributed by atoms with van der Waals surface area (Å²) in [6.07, 6.45) is -0.215. The third-order valence-electron chi connectivity index (χ3n) is 7.47. The molecule has 1 N–H and O–H groups in total. The fourth-order valence-corrected chi connectivity index (χ4v) is 7.80. The number of aryl methyl sites for hydroxylation is 2. The highest BCUT2D eigenvalue weighted by atomic mass is 32.2. The molecule has 0 saturated heterocycles. The Hall–Kier alpha value is -5.41. The van der Waals surface area contributed by atoms with E-state index in [1.807, 2.05) is 66.3 Å². The molecule has 0 bridgehead atoms. The Morgan fingerprint density at radius 2 is 1.55 bits per heavy atom. The number of carbonyl (C=O) groups excluding carboxylic acids is 2. The molecule has 21 heteroatoms. The van der Waals surface area contributed by atoms with Gasteiger partial charge < -0.3 is 9.47 Å². The van der Waals surface area contributed by atoms with E-state index in [9.17, 15) is 9.59 Å². The SMILES string of the molecule is COC(=O)CSc1nc2cc(CC(C)(C)OC(=O)Nc3nc(CSc4nc5ccccc5n4-c4nnnn4C)cs3)ccc2n1-c1nnnn1C. The third kappa shape index (κ3) is 7.25. The van der Waals surface area contributed by atoms with Crippen LogP contribution in [0.5, 0.6) is 0 Å². The van der Waals surface area contributed by atoms with Crippen LogP contribution in [-0.4, -0.2) is 95.0 Å². The van der Waals surface area contributed by atoms with Gasteiger partial charge in [-0.3, -0.25) is 19.2 Å². The van der Waals surface area contributed by atoms with Gasteiger partial charge in [-0.05, 0) is 64.5 Å². The Morgan fingerprint density at radius 1 is 0.882 bits per heavy atom. The van der Waals surface area contributed by atoms with E-state index in [0.717, 1.165) is 27.8 Å². The van der Waals surface area contributed by atoms with Crippen LogP contribution in [0.1, 0.15) is 25.1 Å². The van der Waals surface area contributed by atoms with Crippen LogP contribution in [0.25, 0.3) is 34.0 Å². The van der Waals surface area contributed by atoms with Crippen molar-refractivity contribution in [3.8, 4) is 11.9 Å². The summed E-state index contributed by atoms with van der Waals surface area (Å²) >= 11 is 4.01. The predicted molar refractivity (Wildman–Crippen MR) is 189 cm³/mol. The van der Waals surface area contributed by atoms with Crippen LogP contribution in [0.3, 0.4) is 0 Å². The number of fused-ring (bicyclic) bond motifs is 2. The Labute approximate surface area is 301 Å². The average Bonchev–Trinajstić information content (AvgIpc) is 3.93. The van der Waals surface area contributed by atoms with Crippen LogP contribution < -0.4 is 5.32 Å². The van der Waals surface area contributed by atoms with E-state index < -0.39 is 11.7 Å². The van der Waals surface area contributed by atoms with Crippen molar-refractivity contribution < 1.29 is 19.1 Å². The molecular weight excluding hydrogens is 717 g/mol. The van der Waals surface area contributed by atoms with Gasteiger partial charge >= 0.3 is 12.1 Å². The van der Waals surface area contributed by atoms with Crippen molar-refractivity contribution >= 4 is 74.1 Å². The minimum atomic E-state index is -0.875. The molecule has 0 atom stereocenters. The first-order valence-corrected chi connectivity index (χ1v) is 18.1. The number of para-hydroxylation sites is 2. The number of methoxy groups -OCH3 is 1.